The lowest BCUT2D eigenvalue weighted by Crippen LogP contribution is -2.53. The third kappa shape index (κ3) is 9.97. The molecule has 0 aromatic carbocycles. The number of hydrogen-bond donors (Lipinski definition) is 2. The summed E-state index contributed by atoms with van der Waals surface area (Å²) in [6.45, 7) is 17.4. The van der Waals surface area contributed by atoms with E-state index in [9.17, 15) is 9.59 Å². The van der Waals surface area contributed by atoms with Crippen molar-refractivity contribution in [3.63, 3.8) is 0 Å². The number of ether oxygens (including phenoxy) is 1. The Morgan fingerprint density at radius 1 is 1.08 bits per heavy atom. The summed E-state index contributed by atoms with van der Waals surface area (Å²) in [5.41, 5.74) is -0.489. The summed E-state index contributed by atoms with van der Waals surface area (Å²) in [6.07, 6.45) is 0.566. The molecule has 26 heavy (non-hydrogen) atoms. The first-order valence-corrected chi connectivity index (χ1v) is 9.80. The van der Waals surface area contributed by atoms with Gasteiger partial charge >= 0.3 is 6.09 Å². The number of piperazine rings is 1. The molecule has 0 aliphatic carbocycles. The molecule has 7 heteroatoms. The summed E-state index contributed by atoms with van der Waals surface area (Å²) in [7, 11) is 0. The normalized spacial score (nSPS) is 17.8. The summed E-state index contributed by atoms with van der Waals surface area (Å²) in [5, 5.41) is 5.87. The minimum atomic E-state index is -0.489. The Balaban J connectivity index is 2.46. The number of carbonyl (C=O) groups is 2. The van der Waals surface area contributed by atoms with Gasteiger partial charge in [0, 0.05) is 45.3 Å². The predicted molar refractivity (Wildman–Crippen MR) is 104 cm³/mol. The summed E-state index contributed by atoms with van der Waals surface area (Å²) in [6, 6.07) is 0.0693. The van der Waals surface area contributed by atoms with Crippen LogP contribution in [0.15, 0.2) is 0 Å². The predicted octanol–water partition coefficient (Wildman–Crippen LogP) is 1.68. The van der Waals surface area contributed by atoms with E-state index in [0.29, 0.717) is 19.0 Å². The number of nitrogens with one attached hydrogen (secondary N) is 2. The number of carbonyl (C=O) groups excluding carboxylic acids is 2. The zero-order valence-corrected chi connectivity index (χ0v) is 17.4. The van der Waals surface area contributed by atoms with E-state index in [2.05, 4.69) is 34.3 Å². The van der Waals surface area contributed by atoms with Gasteiger partial charge in [0.2, 0.25) is 5.91 Å². The summed E-state index contributed by atoms with van der Waals surface area (Å²) >= 11 is 0. The van der Waals surface area contributed by atoms with Crippen LogP contribution in [0.1, 0.15) is 48.0 Å². The molecular formula is C19H38N4O3. The monoisotopic (exact) mass is 370 g/mol. The molecule has 0 bridgehead atoms. The van der Waals surface area contributed by atoms with E-state index < -0.39 is 5.60 Å². The van der Waals surface area contributed by atoms with Gasteiger partial charge in [0.15, 0.2) is 0 Å². The van der Waals surface area contributed by atoms with E-state index >= 15 is 0 Å². The van der Waals surface area contributed by atoms with Crippen LogP contribution >= 0.6 is 0 Å². The molecule has 0 saturated carbocycles. The van der Waals surface area contributed by atoms with E-state index in [1.54, 1.807) is 0 Å². The zero-order chi connectivity index (χ0) is 19.7. The van der Waals surface area contributed by atoms with Gasteiger partial charge in [0.25, 0.3) is 0 Å². The second-order valence-corrected chi connectivity index (χ2v) is 8.50. The Bertz CT molecular complexity index is 441. The Labute approximate surface area is 158 Å². The lowest BCUT2D eigenvalue weighted by Gasteiger charge is -2.36. The first-order chi connectivity index (χ1) is 12.1. The third-order valence-electron chi connectivity index (χ3n) is 4.16. The van der Waals surface area contributed by atoms with Crippen LogP contribution in [0.2, 0.25) is 0 Å². The number of rotatable bonds is 8. The molecule has 1 aliphatic rings. The molecule has 1 saturated heterocycles. The average molecular weight is 371 g/mol. The van der Waals surface area contributed by atoms with E-state index in [1.807, 2.05) is 27.7 Å². The lowest BCUT2D eigenvalue weighted by molar-refractivity contribution is -0.122. The SMILES string of the molecule is CCNC(=O)CN1CCN(CC(CC(C)C)NC(=O)OC(C)(C)C)CC1. The van der Waals surface area contributed by atoms with Crippen LogP contribution in [-0.2, 0) is 9.53 Å². The molecule has 0 radical (unpaired) electrons. The molecule has 1 heterocycles. The van der Waals surface area contributed by atoms with Crippen molar-refractivity contribution in [1.29, 1.82) is 0 Å². The first kappa shape index (κ1) is 22.7. The van der Waals surface area contributed by atoms with Crippen molar-refractivity contribution in [1.82, 2.24) is 20.4 Å². The second kappa shape index (κ2) is 10.7. The Morgan fingerprint density at radius 3 is 2.15 bits per heavy atom. The zero-order valence-electron chi connectivity index (χ0n) is 17.4. The molecule has 1 unspecified atom stereocenters. The second-order valence-electron chi connectivity index (χ2n) is 8.50. The summed E-state index contributed by atoms with van der Waals surface area (Å²) in [5.74, 6) is 0.583. The molecule has 1 atom stereocenters. The van der Waals surface area contributed by atoms with Crippen LogP contribution in [0, 0.1) is 5.92 Å². The van der Waals surface area contributed by atoms with Gasteiger partial charge < -0.3 is 15.4 Å². The number of amides is 2. The molecule has 0 aromatic heterocycles. The van der Waals surface area contributed by atoms with E-state index in [0.717, 1.165) is 39.1 Å². The highest BCUT2D eigenvalue weighted by Crippen LogP contribution is 2.11. The maximum absolute atomic E-state index is 12.1. The standard InChI is InChI=1S/C19H38N4O3/c1-7-20-17(24)14-23-10-8-22(9-11-23)13-16(12-15(2)3)21-18(25)26-19(4,5)6/h15-16H,7-14H2,1-6H3,(H,20,24)(H,21,25). The smallest absolute Gasteiger partial charge is 0.407 e. The number of hydrogen-bond acceptors (Lipinski definition) is 5. The van der Waals surface area contributed by atoms with Gasteiger partial charge in [-0.3, -0.25) is 14.6 Å². The minimum absolute atomic E-state index is 0.0693. The highest BCUT2D eigenvalue weighted by atomic mass is 16.6. The quantitative estimate of drug-likeness (QED) is 0.680. The van der Waals surface area contributed by atoms with Crippen molar-refractivity contribution >= 4 is 12.0 Å². The molecule has 2 amide bonds. The Morgan fingerprint density at radius 2 is 1.65 bits per heavy atom. The molecular weight excluding hydrogens is 332 g/mol. The van der Waals surface area contributed by atoms with Crippen LogP contribution in [0.5, 0.6) is 0 Å². The summed E-state index contributed by atoms with van der Waals surface area (Å²) in [4.78, 5) is 28.4. The van der Waals surface area contributed by atoms with Crippen LogP contribution in [0.3, 0.4) is 0 Å². The van der Waals surface area contributed by atoms with Crippen LogP contribution in [0.4, 0.5) is 4.79 Å². The van der Waals surface area contributed by atoms with Gasteiger partial charge in [-0.2, -0.15) is 0 Å². The fraction of sp³-hybridized carbons (Fsp3) is 0.895. The van der Waals surface area contributed by atoms with Crippen molar-refractivity contribution in [2.24, 2.45) is 5.92 Å². The van der Waals surface area contributed by atoms with E-state index in [4.69, 9.17) is 4.74 Å². The van der Waals surface area contributed by atoms with Gasteiger partial charge in [-0.1, -0.05) is 13.8 Å². The van der Waals surface area contributed by atoms with Crippen molar-refractivity contribution in [2.75, 3.05) is 45.8 Å². The van der Waals surface area contributed by atoms with Crippen LogP contribution in [-0.4, -0.2) is 79.3 Å². The number of likely N-dealkylation sites (N-methyl/N-ethyl adjacent to an activating group) is 1. The molecule has 152 valence electrons. The fourth-order valence-corrected chi connectivity index (χ4v) is 3.12. The summed E-state index contributed by atoms with van der Waals surface area (Å²) < 4.78 is 5.40. The molecule has 1 rings (SSSR count). The lowest BCUT2D eigenvalue weighted by atomic mass is 10.0. The van der Waals surface area contributed by atoms with Gasteiger partial charge in [0.1, 0.15) is 5.60 Å². The topological polar surface area (TPSA) is 73.9 Å². The third-order valence-corrected chi connectivity index (χ3v) is 4.16. The van der Waals surface area contributed by atoms with Crippen LogP contribution in [0.25, 0.3) is 0 Å². The fourth-order valence-electron chi connectivity index (χ4n) is 3.12. The van der Waals surface area contributed by atoms with Crippen molar-refractivity contribution in [3.8, 4) is 0 Å². The van der Waals surface area contributed by atoms with E-state index in [1.165, 1.54) is 0 Å². The van der Waals surface area contributed by atoms with Crippen molar-refractivity contribution in [2.45, 2.75) is 59.6 Å². The van der Waals surface area contributed by atoms with Gasteiger partial charge in [-0.25, -0.2) is 4.79 Å². The molecule has 0 spiro atoms. The highest BCUT2D eigenvalue weighted by Gasteiger charge is 2.24. The number of alkyl carbamates (subject to hydrolysis) is 1. The van der Waals surface area contributed by atoms with Gasteiger partial charge in [-0.15, -0.1) is 0 Å². The van der Waals surface area contributed by atoms with Crippen LogP contribution < -0.4 is 10.6 Å². The van der Waals surface area contributed by atoms with Gasteiger partial charge in [-0.05, 0) is 40.0 Å². The van der Waals surface area contributed by atoms with Crippen molar-refractivity contribution in [3.05, 3.63) is 0 Å². The molecule has 1 fully saturated rings. The first-order valence-electron chi connectivity index (χ1n) is 9.80. The molecule has 0 aromatic rings. The highest BCUT2D eigenvalue weighted by molar-refractivity contribution is 5.77. The van der Waals surface area contributed by atoms with Gasteiger partial charge in [0.05, 0.1) is 6.54 Å². The molecule has 1 aliphatic heterocycles. The Hall–Kier alpha value is -1.34. The van der Waals surface area contributed by atoms with E-state index in [-0.39, 0.29) is 18.0 Å². The minimum Gasteiger partial charge on any atom is -0.444 e. The van der Waals surface area contributed by atoms with Crippen molar-refractivity contribution < 1.29 is 14.3 Å². The Kier molecular flexibility index (Phi) is 9.36. The number of nitrogens with zero attached hydrogens (tertiary/aromatic N) is 2. The maximum atomic E-state index is 12.1. The molecule has 7 nitrogen and oxygen atoms in total. The molecule has 2 N–H and O–H groups in total. The average Bonchev–Trinajstić information content (AvgIpc) is 2.46. The largest absolute Gasteiger partial charge is 0.444 e. The maximum Gasteiger partial charge on any atom is 0.407 e.